The summed E-state index contributed by atoms with van der Waals surface area (Å²) in [5.41, 5.74) is -0.846. The number of hydrogen-bond acceptors (Lipinski definition) is 4. The van der Waals surface area contributed by atoms with Gasteiger partial charge in [-0.3, -0.25) is 0 Å². The average molecular weight is 263 g/mol. The standard InChI is InChI=1S/C10H17NO3S2/c1-7-5-9(8(2)15-7)16(13,14)11-10(3,4)6-12/h5,11-12H,6H2,1-4H3. The van der Waals surface area contributed by atoms with Crippen LogP contribution in [0, 0.1) is 13.8 Å². The molecular weight excluding hydrogens is 246 g/mol. The molecule has 16 heavy (non-hydrogen) atoms. The summed E-state index contributed by atoms with van der Waals surface area (Å²) in [7, 11) is -3.54. The van der Waals surface area contributed by atoms with E-state index >= 15 is 0 Å². The molecule has 1 rings (SSSR count). The van der Waals surface area contributed by atoms with E-state index in [4.69, 9.17) is 5.11 Å². The summed E-state index contributed by atoms with van der Waals surface area (Å²) in [5.74, 6) is 0. The van der Waals surface area contributed by atoms with E-state index < -0.39 is 15.6 Å². The zero-order valence-corrected chi connectivity index (χ0v) is 11.5. The number of hydrogen-bond donors (Lipinski definition) is 2. The Morgan fingerprint density at radius 2 is 2.00 bits per heavy atom. The van der Waals surface area contributed by atoms with Gasteiger partial charge in [0.1, 0.15) is 0 Å². The quantitative estimate of drug-likeness (QED) is 0.863. The fourth-order valence-electron chi connectivity index (χ4n) is 1.33. The van der Waals surface area contributed by atoms with Crippen molar-refractivity contribution in [3.05, 3.63) is 15.8 Å². The van der Waals surface area contributed by atoms with Gasteiger partial charge in [0.15, 0.2) is 0 Å². The first kappa shape index (κ1) is 13.6. The summed E-state index contributed by atoms with van der Waals surface area (Å²) >= 11 is 1.45. The van der Waals surface area contributed by atoms with E-state index in [0.29, 0.717) is 4.90 Å². The summed E-state index contributed by atoms with van der Waals surface area (Å²) in [6, 6.07) is 1.65. The van der Waals surface area contributed by atoms with E-state index in [1.165, 1.54) is 11.3 Å². The molecule has 1 aromatic rings. The zero-order chi connectivity index (χ0) is 12.6. The topological polar surface area (TPSA) is 66.4 Å². The summed E-state index contributed by atoms with van der Waals surface area (Å²) in [5, 5.41) is 9.05. The minimum atomic E-state index is -3.54. The number of nitrogens with one attached hydrogen (secondary N) is 1. The Hall–Kier alpha value is -0.430. The maximum absolute atomic E-state index is 12.0. The smallest absolute Gasteiger partial charge is 0.242 e. The first-order chi connectivity index (χ1) is 7.18. The highest BCUT2D eigenvalue weighted by atomic mass is 32.2. The van der Waals surface area contributed by atoms with Gasteiger partial charge in [-0.25, -0.2) is 13.1 Å². The van der Waals surface area contributed by atoms with Gasteiger partial charge in [0, 0.05) is 9.75 Å². The molecule has 6 heteroatoms. The molecular formula is C10H17NO3S2. The van der Waals surface area contributed by atoms with Crippen molar-refractivity contribution < 1.29 is 13.5 Å². The molecule has 4 nitrogen and oxygen atoms in total. The Morgan fingerprint density at radius 3 is 2.38 bits per heavy atom. The van der Waals surface area contributed by atoms with Crippen LogP contribution in [0.4, 0.5) is 0 Å². The number of aryl methyl sites for hydroxylation is 2. The molecule has 0 amide bonds. The predicted molar refractivity (Wildman–Crippen MR) is 65.3 cm³/mol. The second-order valence-corrected chi connectivity index (χ2v) is 7.54. The van der Waals surface area contributed by atoms with Crippen LogP contribution in [-0.2, 0) is 10.0 Å². The van der Waals surface area contributed by atoms with Crippen molar-refractivity contribution >= 4 is 21.4 Å². The van der Waals surface area contributed by atoms with E-state index in [0.717, 1.165) is 9.75 Å². The Balaban J connectivity index is 3.09. The minimum Gasteiger partial charge on any atom is -0.394 e. The van der Waals surface area contributed by atoms with Crippen LogP contribution < -0.4 is 4.72 Å². The Morgan fingerprint density at radius 1 is 1.44 bits per heavy atom. The number of thiophene rings is 1. The van der Waals surface area contributed by atoms with Crippen molar-refractivity contribution in [2.75, 3.05) is 6.61 Å². The van der Waals surface area contributed by atoms with Gasteiger partial charge >= 0.3 is 0 Å². The predicted octanol–water partition coefficient (Wildman–Crippen LogP) is 1.41. The lowest BCUT2D eigenvalue weighted by atomic mass is 10.1. The molecule has 0 radical (unpaired) electrons. The number of rotatable bonds is 4. The normalized spacial score (nSPS) is 13.1. The highest BCUT2D eigenvalue weighted by Gasteiger charge is 2.27. The van der Waals surface area contributed by atoms with Crippen LogP contribution in [0.1, 0.15) is 23.6 Å². The van der Waals surface area contributed by atoms with Gasteiger partial charge < -0.3 is 5.11 Å². The van der Waals surface area contributed by atoms with Crippen LogP contribution in [0.2, 0.25) is 0 Å². The molecule has 0 unspecified atom stereocenters. The summed E-state index contributed by atoms with van der Waals surface area (Å²) < 4.78 is 26.5. The fraction of sp³-hybridized carbons (Fsp3) is 0.600. The van der Waals surface area contributed by atoms with E-state index in [1.54, 1.807) is 26.8 Å². The molecule has 2 N–H and O–H groups in total. The third-order valence-corrected chi connectivity index (χ3v) is 5.01. The van der Waals surface area contributed by atoms with Crippen LogP contribution in [0.15, 0.2) is 11.0 Å². The van der Waals surface area contributed by atoms with Gasteiger partial charge in [-0.2, -0.15) is 0 Å². The van der Waals surface area contributed by atoms with Crippen molar-refractivity contribution in [3.63, 3.8) is 0 Å². The summed E-state index contributed by atoms with van der Waals surface area (Å²) in [4.78, 5) is 2.02. The van der Waals surface area contributed by atoms with E-state index in [-0.39, 0.29) is 6.61 Å². The molecule has 0 aliphatic carbocycles. The van der Waals surface area contributed by atoms with E-state index in [9.17, 15) is 8.42 Å². The molecule has 0 bridgehead atoms. The van der Waals surface area contributed by atoms with Gasteiger partial charge in [-0.05, 0) is 33.8 Å². The molecule has 92 valence electrons. The maximum Gasteiger partial charge on any atom is 0.242 e. The molecule has 0 spiro atoms. The average Bonchev–Trinajstić information content (AvgIpc) is 2.44. The van der Waals surface area contributed by atoms with Gasteiger partial charge in [0.2, 0.25) is 10.0 Å². The first-order valence-electron chi connectivity index (χ1n) is 4.90. The van der Waals surface area contributed by atoms with Crippen molar-refractivity contribution in [2.45, 2.75) is 38.1 Å². The monoisotopic (exact) mass is 263 g/mol. The summed E-state index contributed by atoms with van der Waals surface area (Å²) in [6.07, 6.45) is 0. The molecule has 0 saturated carbocycles. The molecule has 1 heterocycles. The number of sulfonamides is 1. The van der Waals surface area contributed by atoms with Crippen LogP contribution in [0.25, 0.3) is 0 Å². The Bertz CT molecular complexity index is 474. The van der Waals surface area contributed by atoms with Gasteiger partial charge in [-0.15, -0.1) is 11.3 Å². The minimum absolute atomic E-state index is 0.242. The highest BCUT2D eigenvalue weighted by Crippen LogP contribution is 2.25. The van der Waals surface area contributed by atoms with Crippen molar-refractivity contribution in [1.82, 2.24) is 4.72 Å². The van der Waals surface area contributed by atoms with Crippen molar-refractivity contribution in [2.24, 2.45) is 0 Å². The first-order valence-corrected chi connectivity index (χ1v) is 7.20. The van der Waals surface area contributed by atoms with Crippen LogP contribution >= 0.6 is 11.3 Å². The largest absolute Gasteiger partial charge is 0.394 e. The third kappa shape index (κ3) is 3.04. The molecule has 1 aromatic heterocycles. The lowest BCUT2D eigenvalue weighted by molar-refractivity contribution is 0.208. The van der Waals surface area contributed by atoms with Crippen LogP contribution in [0.5, 0.6) is 0 Å². The highest BCUT2D eigenvalue weighted by molar-refractivity contribution is 7.89. The zero-order valence-electron chi connectivity index (χ0n) is 9.86. The van der Waals surface area contributed by atoms with Crippen LogP contribution in [-0.4, -0.2) is 25.7 Å². The lowest BCUT2D eigenvalue weighted by Crippen LogP contribution is -2.46. The van der Waals surface area contributed by atoms with Crippen molar-refractivity contribution in [3.8, 4) is 0 Å². The van der Waals surface area contributed by atoms with E-state index in [2.05, 4.69) is 4.72 Å². The fourth-order valence-corrected chi connectivity index (χ4v) is 4.29. The summed E-state index contributed by atoms with van der Waals surface area (Å²) in [6.45, 7) is 6.68. The van der Waals surface area contributed by atoms with Gasteiger partial charge in [0.05, 0.1) is 17.0 Å². The maximum atomic E-state index is 12.0. The van der Waals surface area contributed by atoms with Gasteiger partial charge in [0.25, 0.3) is 0 Å². The second kappa shape index (κ2) is 4.44. The Kier molecular flexibility index (Phi) is 3.79. The van der Waals surface area contributed by atoms with Crippen molar-refractivity contribution in [1.29, 1.82) is 0 Å². The third-order valence-electron chi connectivity index (χ3n) is 2.09. The second-order valence-electron chi connectivity index (χ2n) is 4.42. The molecule has 0 aliphatic rings. The molecule has 0 aromatic carbocycles. The molecule has 0 aliphatic heterocycles. The van der Waals surface area contributed by atoms with Crippen LogP contribution in [0.3, 0.4) is 0 Å². The molecule has 0 saturated heterocycles. The number of aliphatic hydroxyl groups excluding tert-OH is 1. The SMILES string of the molecule is Cc1cc(S(=O)(=O)NC(C)(C)CO)c(C)s1. The molecule has 0 fully saturated rings. The Labute approximate surface area is 100 Å². The van der Waals surface area contributed by atoms with Gasteiger partial charge in [-0.1, -0.05) is 0 Å². The number of aliphatic hydroxyl groups is 1. The molecule has 0 atom stereocenters. The van der Waals surface area contributed by atoms with E-state index in [1.807, 2.05) is 6.92 Å². The lowest BCUT2D eigenvalue weighted by Gasteiger charge is -2.22.